The van der Waals surface area contributed by atoms with Crippen LogP contribution in [0.2, 0.25) is 0 Å². The summed E-state index contributed by atoms with van der Waals surface area (Å²) >= 11 is 0. The van der Waals surface area contributed by atoms with E-state index in [4.69, 9.17) is 9.26 Å². The van der Waals surface area contributed by atoms with Gasteiger partial charge in [0, 0.05) is 19.6 Å². The van der Waals surface area contributed by atoms with E-state index >= 15 is 0 Å². The Kier molecular flexibility index (Phi) is 4.07. The van der Waals surface area contributed by atoms with Gasteiger partial charge in [0.25, 0.3) is 0 Å². The lowest BCUT2D eigenvalue weighted by Crippen LogP contribution is -2.32. The average Bonchev–Trinajstić information content (AvgIpc) is 2.99. The van der Waals surface area contributed by atoms with Crippen LogP contribution in [0.25, 0.3) is 0 Å². The molecule has 0 radical (unpaired) electrons. The molecule has 1 aromatic heterocycles. The molecule has 0 aliphatic carbocycles. The van der Waals surface area contributed by atoms with E-state index in [0.29, 0.717) is 6.42 Å². The number of methoxy groups -OCH3 is 1. The second-order valence-electron chi connectivity index (χ2n) is 5.37. The molecule has 0 spiro atoms. The number of hydrogen-bond donors (Lipinski definition) is 0. The molecule has 0 atom stereocenters. The van der Waals surface area contributed by atoms with Gasteiger partial charge < -0.3 is 9.26 Å². The number of aromatic nitrogens is 1. The third kappa shape index (κ3) is 2.68. The van der Waals surface area contributed by atoms with Gasteiger partial charge in [0.05, 0.1) is 5.69 Å². The summed E-state index contributed by atoms with van der Waals surface area (Å²) < 4.78 is 11.5. The van der Waals surface area contributed by atoms with Gasteiger partial charge in [-0.25, -0.2) is 0 Å². The molecule has 0 saturated heterocycles. The van der Waals surface area contributed by atoms with Crippen molar-refractivity contribution in [3.63, 3.8) is 0 Å². The molecule has 3 aromatic rings. The van der Waals surface area contributed by atoms with Crippen molar-refractivity contribution in [2.45, 2.75) is 18.9 Å². The minimum atomic E-state index is -0.589. The first kappa shape index (κ1) is 14.5. The van der Waals surface area contributed by atoms with E-state index in [1.807, 2.05) is 49.4 Å². The molecular weight excluding hydrogens is 274 g/mol. The van der Waals surface area contributed by atoms with Crippen LogP contribution in [0.4, 0.5) is 0 Å². The Morgan fingerprint density at radius 2 is 1.50 bits per heavy atom. The van der Waals surface area contributed by atoms with Gasteiger partial charge in [0.15, 0.2) is 0 Å². The molecule has 0 bridgehead atoms. The summed E-state index contributed by atoms with van der Waals surface area (Å²) in [7, 11) is 1.74. The fourth-order valence-corrected chi connectivity index (χ4v) is 2.84. The van der Waals surface area contributed by atoms with E-state index < -0.39 is 5.60 Å². The van der Waals surface area contributed by atoms with Crippen LogP contribution in [-0.2, 0) is 16.8 Å². The Bertz CT molecular complexity index is 680. The highest BCUT2D eigenvalue weighted by Crippen LogP contribution is 2.36. The molecule has 0 unspecified atom stereocenters. The van der Waals surface area contributed by atoms with Gasteiger partial charge in [-0.2, -0.15) is 0 Å². The quantitative estimate of drug-likeness (QED) is 0.710. The summed E-state index contributed by atoms with van der Waals surface area (Å²) in [6, 6.07) is 22.4. The lowest BCUT2D eigenvalue weighted by molar-refractivity contribution is 0.0170. The molecule has 3 nitrogen and oxygen atoms in total. The zero-order chi connectivity index (χ0) is 15.4. The summed E-state index contributed by atoms with van der Waals surface area (Å²) in [6.45, 7) is 1.92. The molecule has 2 aromatic carbocycles. The molecule has 112 valence electrons. The first-order valence-electron chi connectivity index (χ1n) is 7.33. The molecule has 1 heterocycles. The van der Waals surface area contributed by atoms with E-state index in [0.717, 1.165) is 22.6 Å². The number of aryl methyl sites for hydroxylation is 1. The normalized spacial score (nSPS) is 11.5. The minimum Gasteiger partial charge on any atom is -0.368 e. The van der Waals surface area contributed by atoms with Gasteiger partial charge in [-0.05, 0) is 18.1 Å². The lowest BCUT2D eigenvalue weighted by Gasteiger charge is -2.33. The fourth-order valence-electron chi connectivity index (χ4n) is 2.84. The molecule has 3 rings (SSSR count). The van der Waals surface area contributed by atoms with Crippen LogP contribution in [-0.4, -0.2) is 12.3 Å². The first-order chi connectivity index (χ1) is 10.7. The molecule has 0 amide bonds. The predicted molar refractivity (Wildman–Crippen MR) is 85.6 cm³/mol. The van der Waals surface area contributed by atoms with Gasteiger partial charge in [-0.3, -0.25) is 0 Å². The standard InChI is InChI=1S/C19H19NO2/c1-15-13-18(22-20-15)14-19(21-2,16-9-5-3-6-10-16)17-11-7-4-8-12-17/h3-13H,14H2,1-2H3. The van der Waals surface area contributed by atoms with Crippen molar-refractivity contribution < 1.29 is 9.26 Å². The van der Waals surface area contributed by atoms with Crippen molar-refractivity contribution in [1.82, 2.24) is 5.16 Å². The van der Waals surface area contributed by atoms with Crippen molar-refractivity contribution >= 4 is 0 Å². The Labute approximate surface area is 130 Å². The highest BCUT2D eigenvalue weighted by Gasteiger charge is 2.35. The Morgan fingerprint density at radius 1 is 0.955 bits per heavy atom. The second kappa shape index (κ2) is 6.16. The number of ether oxygens (including phenoxy) is 1. The summed E-state index contributed by atoms with van der Waals surface area (Å²) in [5.74, 6) is 0.812. The lowest BCUT2D eigenvalue weighted by atomic mass is 9.82. The smallest absolute Gasteiger partial charge is 0.140 e. The van der Waals surface area contributed by atoms with E-state index in [1.54, 1.807) is 7.11 Å². The van der Waals surface area contributed by atoms with Gasteiger partial charge in [0.1, 0.15) is 11.4 Å². The number of nitrogens with zero attached hydrogens (tertiary/aromatic N) is 1. The van der Waals surface area contributed by atoms with Crippen LogP contribution in [0, 0.1) is 6.92 Å². The molecule has 0 fully saturated rings. The van der Waals surface area contributed by atoms with E-state index in [2.05, 4.69) is 29.4 Å². The zero-order valence-electron chi connectivity index (χ0n) is 12.8. The SMILES string of the molecule is COC(Cc1cc(C)no1)(c1ccccc1)c1ccccc1. The molecular formula is C19H19NO2. The number of benzene rings is 2. The monoisotopic (exact) mass is 293 g/mol. The maximum Gasteiger partial charge on any atom is 0.140 e. The summed E-state index contributed by atoms with van der Waals surface area (Å²) in [6.07, 6.45) is 0.596. The van der Waals surface area contributed by atoms with E-state index in [-0.39, 0.29) is 0 Å². The largest absolute Gasteiger partial charge is 0.368 e. The van der Waals surface area contributed by atoms with Crippen molar-refractivity contribution in [2.24, 2.45) is 0 Å². The van der Waals surface area contributed by atoms with Crippen LogP contribution in [0.3, 0.4) is 0 Å². The van der Waals surface area contributed by atoms with Crippen LogP contribution >= 0.6 is 0 Å². The third-order valence-corrected chi connectivity index (χ3v) is 3.93. The van der Waals surface area contributed by atoms with E-state index in [1.165, 1.54) is 0 Å². The van der Waals surface area contributed by atoms with Gasteiger partial charge >= 0.3 is 0 Å². The Morgan fingerprint density at radius 3 is 1.91 bits per heavy atom. The molecule has 22 heavy (non-hydrogen) atoms. The number of hydrogen-bond acceptors (Lipinski definition) is 3. The van der Waals surface area contributed by atoms with Crippen LogP contribution in [0.5, 0.6) is 0 Å². The van der Waals surface area contributed by atoms with Gasteiger partial charge in [0.2, 0.25) is 0 Å². The molecule has 0 aliphatic rings. The van der Waals surface area contributed by atoms with Crippen molar-refractivity contribution in [3.05, 3.63) is 89.3 Å². The second-order valence-corrected chi connectivity index (χ2v) is 5.37. The zero-order valence-corrected chi connectivity index (χ0v) is 12.8. The molecule has 0 N–H and O–H groups in total. The van der Waals surface area contributed by atoms with Gasteiger partial charge in [-0.1, -0.05) is 65.8 Å². The van der Waals surface area contributed by atoms with Crippen molar-refractivity contribution in [3.8, 4) is 0 Å². The Balaban J connectivity index is 2.12. The maximum atomic E-state index is 6.04. The molecule has 0 aliphatic heterocycles. The third-order valence-electron chi connectivity index (χ3n) is 3.93. The Hall–Kier alpha value is -2.39. The summed E-state index contributed by atoms with van der Waals surface area (Å²) in [5.41, 5.74) is 2.48. The maximum absolute atomic E-state index is 6.04. The summed E-state index contributed by atoms with van der Waals surface area (Å²) in [5, 5.41) is 3.99. The molecule has 3 heteroatoms. The highest BCUT2D eigenvalue weighted by molar-refractivity contribution is 5.38. The minimum absolute atomic E-state index is 0.589. The first-order valence-corrected chi connectivity index (χ1v) is 7.33. The van der Waals surface area contributed by atoms with Crippen molar-refractivity contribution in [1.29, 1.82) is 0 Å². The van der Waals surface area contributed by atoms with Crippen LogP contribution in [0.1, 0.15) is 22.6 Å². The van der Waals surface area contributed by atoms with Crippen LogP contribution in [0.15, 0.2) is 71.3 Å². The highest BCUT2D eigenvalue weighted by atomic mass is 16.5. The topological polar surface area (TPSA) is 35.3 Å². The van der Waals surface area contributed by atoms with E-state index in [9.17, 15) is 0 Å². The van der Waals surface area contributed by atoms with Gasteiger partial charge in [-0.15, -0.1) is 0 Å². The summed E-state index contributed by atoms with van der Waals surface area (Å²) in [4.78, 5) is 0. The fraction of sp³-hybridized carbons (Fsp3) is 0.211. The average molecular weight is 293 g/mol. The van der Waals surface area contributed by atoms with Crippen molar-refractivity contribution in [2.75, 3.05) is 7.11 Å². The number of rotatable bonds is 5. The van der Waals surface area contributed by atoms with Crippen LogP contribution < -0.4 is 0 Å². The molecule has 0 saturated carbocycles. The predicted octanol–water partition coefficient (Wildman–Crippen LogP) is 4.12.